The molecule has 51 heavy (non-hydrogen) atoms. The van der Waals surface area contributed by atoms with E-state index in [2.05, 4.69) is 62.6 Å². The van der Waals surface area contributed by atoms with Crippen LogP contribution in [0.5, 0.6) is 17.2 Å². The van der Waals surface area contributed by atoms with Crippen molar-refractivity contribution in [3.63, 3.8) is 0 Å². The molecule has 0 amide bonds. The van der Waals surface area contributed by atoms with Crippen molar-refractivity contribution in [1.29, 1.82) is 0 Å². The zero-order chi connectivity index (χ0) is 34.9. The maximum atomic E-state index is 12.5. The van der Waals surface area contributed by atoms with E-state index < -0.39 is 11.9 Å². The maximum Gasteiger partial charge on any atom is 0.331 e. The minimum absolute atomic E-state index is 0. The van der Waals surface area contributed by atoms with E-state index in [4.69, 9.17) is 23.7 Å². The smallest absolute Gasteiger partial charge is 0.331 e. The summed E-state index contributed by atoms with van der Waals surface area (Å²) in [5.41, 5.74) is 5.05. The van der Waals surface area contributed by atoms with Crippen LogP contribution in [0, 0.1) is 5.92 Å². The van der Waals surface area contributed by atoms with Crippen molar-refractivity contribution in [3.05, 3.63) is 101 Å². The molecular weight excluding hydrogens is 874 g/mol. The number of halogens is 2. The molecule has 4 unspecified atom stereocenters. The quantitative estimate of drug-likeness (QED) is 0.0683. The van der Waals surface area contributed by atoms with Gasteiger partial charge in [0, 0.05) is 54.9 Å². The molecule has 9 nitrogen and oxygen atoms in total. The van der Waals surface area contributed by atoms with Gasteiger partial charge in [-0.25, -0.2) is 9.59 Å². The Hall–Kier alpha value is -2.88. The maximum absolute atomic E-state index is 12.5. The highest BCUT2D eigenvalue weighted by Gasteiger charge is 2.40. The first-order chi connectivity index (χ1) is 23.6. The highest BCUT2D eigenvalue weighted by molar-refractivity contribution is 5.91. The zero-order valence-corrected chi connectivity index (χ0v) is 34.8. The van der Waals surface area contributed by atoms with E-state index in [1.807, 2.05) is 18.2 Å². The molecule has 3 aromatic carbocycles. The average molecular weight is 927 g/mol. The van der Waals surface area contributed by atoms with Crippen molar-refractivity contribution in [3.8, 4) is 17.2 Å². The molecule has 0 aromatic heterocycles. The summed E-state index contributed by atoms with van der Waals surface area (Å²) in [4.78, 5) is 24.9. The molecule has 1 fully saturated rings. The molecule has 11 heteroatoms. The molecule has 1 saturated heterocycles. The summed E-state index contributed by atoms with van der Waals surface area (Å²) < 4.78 is 29.4. The Labute approximate surface area is 337 Å². The first-order valence-electron chi connectivity index (χ1n) is 17.2. The predicted molar refractivity (Wildman–Crippen MR) is 188 cm³/mol. The van der Waals surface area contributed by atoms with Crippen molar-refractivity contribution >= 4 is 11.9 Å². The standard InChI is InChI=1S/C40H52N2O7.2HI/c1-41(27-31-10-7-6-8-11-31)21-18-32(28-41)29-49-40(44)17-16-39(43)48-23-9-20-42(2)22-19-33-25-37(46-4)38(47-5)26-35(33)36(42)24-30-12-14-34(45-3)15-13-30;;/h6-8,10-17,25-26,32,36H,9,18-24,27-29H2,1-5H3;2*1H/q+2;;/p-2. The van der Waals surface area contributed by atoms with Crippen LogP contribution in [0.25, 0.3) is 0 Å². The molecule has 0 aliphatic carbocycles. The summed E-state index contributed by atoms with van der Waals surface area (Å²) in [5.74, 6) is 1.54. The van der Waals surface area contributed by atoms with Crippen molar-refractivity contribution in [1.82, 2.24) is 0 Å². The highest BCUT2D eigenvalue weighted by Crippen LogP contribution is 2.42. The number of ether oxygens (including phenoxy) is 5. The molecule has 2 aliphatic heterocycles. The van der Waals surface area contributed by atoms with Gasteiger partial charge in [-0.05, 0) is 35.4 Å². The first kappa shape index (κ1) is 42.5. The van der Waals surface area contributed by atoms with Crippen LogP contribution in [0.2, 0.25) is 0 Å². The first-order valence-corrected chi connectivity index (χ1v) is 17.2. The van der Waals surface area contributed by atoms with Crippen LogP contribution in [-0.4, -0.2) is 95.7 Å². The molecule has 2 aliphatic rings. The summed E-state index contributed by atoms with van der Waals surface area (Å²) in [5, 5.41) is 0. The summed E-state index contributed by atoms with van der Waals surface area (Å²) in [6.45, 7) is 5.35. The molecule has 0 N–H and O–H groups in total. The van der Waals surface area contributed by atoms with Gasteiger partial charge in [0.05, 0.1) is 68.2 Å². The van der Waals surface area contributed by atoms with Crippen molar-refractivity contribution in [2.45, 2.75) is 38.3 Å². The van der Waals surface area contributed by atoms with Gasteiger partial charge in [0.2, 0.25) is 0 Å². The van der Waals surface area contributed by atoms with Crippen molar-refractivity contribution in [2.75, 3.05) is 74.8 Å². The number of esters is 2. The Morgan fingerprint density at radius 3 is 2.14 bits per heavy atom. The predicted octanol–water partition coefficient (Wildman–Crippen LogP) is -0.294. The number of rotatable bonds is 15. The molecule has 3 aromatic rings. The Balaban J connectivity index is 0.00000351. The molecule has 2 heterocycles. The lowest BCUT2D eigenvalue weighted by Gasteiger charge is -2.46. The van der Waals surface area contributed by atoms with Crippen LogP contribution in [0.3, 0.4) is 0 Å². The summed E-state index contributed by atoms with van der Waals surface area (Å²) in [7, 11) is 9.54. The minimum atomic E-state index is -0.539. The Morgan fingerprint density at radius 2 is 1.47 bits per heavy atom. The average Bonchev–Trinajstić information content (AvgIpc) is 3.49. The van der Waals surface area contributed by atoms with E-state index in [-0.39, 0.29) is 60.6 Å². The number of quaternary nitrogens is 2. The van der Waals surface area contributed by atoms with E-state index >= 15 is 0 Å². The number of hydrogen-bond acceptors (Lipinski definition) is 7. The molecule has 278 valence electrons. The monoisotopic (exact) mass is 926 g/mol. The number of nitrogens with zero attached hydrogens (tertiary/aromatic N) is 2. The lowest BCUT2D eigenvalue weighted by molar-refractivity contribution is -0.941. The topological polar surface area (TPSA) is 80.3 Å². The number of benzene rings is 3. The van der Waals surface area contributed by atoms with Gasteiger partial charge in [0.1, 0.15) is 24.9 Å². The molecule has 0 bridgehead atoms. The van der Waals surface area contributed by atoms with E-state index in [0.717, 1.165) is 78.2 Å². The Bertz CT molecular complexity index is 1600. The van der Waals surface area contributed by atoms with Crippen LogP contribution in [0.1, 0.15) is 41.1 Å². The second-order valence-corrected chi connectivity index (χ2v) is 14.0. The zero-order valence-electron chi connectivity index (χ0n) is 30.4. The Morgan fingerprint density at radius 1 is 0.804 bits per heavy atom. The fourth-order valence-corrected chi connectivity index (χ4v) is 7.55. The highest BCUT2D eigenvalue weighted by atomic mass is 127. The van der Waals surface area contributed by atoms with Gasteiger partial charge < -0.3 is 80.6 Å². The van der Waals surface area contributed by atoms with Crippen LogP contribution in [-0.2, 0) is 38.4 Å². The summed E-state index contributed by atoms with van der Waals surface area (Å²) in [6.07, 6.45) is 5.78. The van der Waals surface area contributed by atoms with Gasteiger partial charge in [0.25, 0.3) is 0 Å². The lowest BCUT2D eigenvalue weighted by Crippen LogP contribution is -3.00. The molecule has 4 atom stereocenters. The van der Waals surface area contributed by atoms with Gasteiger partial charge >= 0.3 is 11.9 Å². The van der Waals surface area contributed by atoms with Crippen molar-refractivity contribution in [2.24, 2.45) is 5.92 Å². The second-order valence-electron chi connectivity index (χ2n) is 14.0. The van der Waals surface area contributed by atoms with Gasteiger partial charge in [0.15, 0.2) is 11.5 Å². The fraction of sp³-hybridized carbons (Fsp3) is 0.450. The van der Waals surface area contributed by atoms with Crippen LogP contribution >= 0.6 is 0 Å². The van der Waals surface area contributed by atoms with Crippen LogP contribution in [0.15, 0.2) is 78.9 Å². The van der Waals surface area contributed by atoms with Gasteiger partial charge in [-0.1, -0.05) is 42.5 Å². The van der Waals surface area contributed by atoms with Crippen LogP contribution in [0.4, 0.5) is 0 Å². The van der Waals surface area contributed by atoms with Crippen molar-refractivity contribution < 1.29 is 90.2 Å². The Kier molecular flexibility index (Phi) is 16.5. The third-order valence-corrected chi connectivity index (χ3v) is 10.3. The summed E-state index contributed by atoms with van der Waals surface area (Å²) >= 11 is 0. The molecule has 5 rings (SSSR count). The number of fused-ring (bicyclic) bond motifs is 1. The van der Waals surface area contributed by atoms with Gasteiger partial charge in [-0.2, -0.15) is 0 Å². The number of methoxy groups -OCH3 is 3. The minimum Gasteiger partial charge on any atom is -1.00 e. The SMILES string of the molecule is COc1ccc(CC2c3cc(OC)c(OC)cc3CC[N+]2(C)CCCOC(=O)C=CC(=O)OCC2CC[N+](C)(Cc3ccccc3)C2)cc1.[I-].[I-]. The fourth-order valence-electron chi connectivity index (χ4n) is 7.55. The summed E-state index contributed by atoms with van der Waals surface area (Å²) in [6, 6.07) is 23.1. The molecule has 0 saturated carbocycles. The lowest BCUT2D eigenvalue weighted by atomic mass is 9.86. The third-order valence-electron chi connectivity index (χ3n) is 10.3. The number of hydrogen-bond donors (Lipinski definition) is 0. The largest absolute Gasteiger partial charge is 1.00 e. The van der Waals surface area contributed by atoms with E-state index in [1.54, 1.807) is 21.3 Å². The number of likely N-dealkylation sites (N-methyl/N-ethyl adjacent to an activating group) is 1. The van der Waals surface area contributed by atoms with Gasteiger partial charge in [-0.15, -0.1) is 0 Å². The van der Waals surface area contributed by atoms with E-state index in [1.165, 1.54) is 34.4 Å². The van der Waals surface area contributed by atoms with E-state index in [0.29, 0.717) is 18.9 Å². The second kappa shape index (κ2) is 19.8. The van der Waals surface area contributed by atoms with E-state index in [9.17, 15) is 9.59 Å². The molecule has 0 radical (unpaired) electrons. The third kappa shape index (κ3) is 11.6. The van der Waals surface area contributed by atoms with Crippen LogP contribution < -0.4 is 62.2 Å². The number of likely N-dealkylation sites (tertiary alicyclic amines) is 1. The molecule has 0 spiro atoms. The molecular formula is C40H52I2N2O7. The normalized spacial score (nSPS) is 22.2. The number of carbonyl (C=O) groups is 2. The van der Waals surface area contributed by atoms with Gasteiger partial charge in [-0.3, -0.25) is 0 Å². The number of carbonyl (C=O) groups excluding carboxylic acids is 2.